The largest absolute Gasteiger partial charge is 0.508 e. The average molecular weight is 223 g/mol. The summed E-state index contributed by atoms with van der Waals surface area (Å²) in [5.74, 6) is 0.119. The van der Waals surface area contributed by atoms with Crippen LogP contribution in [0.2, 0.25) is 0 Å². The Morgan fingerprint density at radius 1 is 1.50 bits per heavy atom. The van der Waals surface area contributed by atoms with Gasteiger partial charge in [-0.1, -0.05) is 12.1 Å². The van der Waals surface area contributed by atoms with Crippen molar-refractivity contribution in [3.05, 3.63) is 29.8 Å². The molecule has 2 atom stereocenters. The topological polar surface area (TPSA) is 32.3 Å². The predicted molar refractivity (Wildman–Crippen MR) is 62.2 cm³/mol. The molecule has 1 aromatic rings. The number of hydrogen-bond donors (Lipinski definition) is 2. The van der Waals surface area contributed by atoms with E-state index >= 15 is 0 Å². The number of alkyl halides is 1. The van der Waals surface area contributed by atoms with E-state index in [9.17, 15) is 9.50 Å². The van der Waals surface area contributed by atoms with Crippen molar-refractivity contribution in [2.75, 3.05) is 13.1 Å². The van der Waals surface area contributed by atoms with Crippen LogP contribution < -0.4 is 5.32 Å². The van der Waals surface area contributed by atoms with Gasteiger partial charge in [0.05, 0.1) is 0 Å². The summed E-state index contributed by atoms with van der Waals surface area (Å²) in [6.07, 6.45) is 1.92. The lowest BCUT2D eigenvalue weighted by Gasteiger charge is -2.34. The Hall–Kier alpha value is -1.09. The van der Waals surface area contributed by atoms with Crippen molar-refractivity contribution in [1.82, 2.24) is 5.32 Å². The van der Waals surface area contributed by atoms with E-state index < -0.39 is 5.67 Å². The van der Waals surface area contributed by atoms with E-state index in [4.69, 9.17) is 0 Å². The lowest BCUT2D eigenvalue weighted by molar-refractivity contribution is 0.0809. The van der Waals surface area contributed by atoms with E-state index in [0.717, 1.165) is 19.4 Å². The Bertz CT molecular complexity index is 359. The fourth-order valence-electron chi connectivity index (χ4n) is 2.36. The second kappa shape index (κ2) is 4.42. The Balaban J connectivity index is 2.22. The van der Waals surface area contributed by atoms with Crippen LogP contribution >= 0.6 is 0 Å². The molecule has 1 saturated heterocycles. The van der Waals surface area contributed by atoms with Gasteiger partial charge in [0.15, 0.2) is 0 Å². The van der Waals surface area contributed by atoms with Gasteiger partial charge < -0.3 is 10.4 Å². The summed E-state index contributed by atoms with van der Waals surface area (Å²) in [4.78, 5) is 0. The van der Waals surface area contributed by atoms with E-state index in [1.54, 1.807) is 25.1 Å². The first-order valence-corrected chi connectivity index (χ1v) is 5.80. The van der Waals surface area contributed by atoms with Gasteiger partial charge in [-0.3, -0.25) is 0 Å². The highest BCUT2D eigenvalue weighted by Crippen LogP contribution is 2.38. The number of benzene rings is 1. The fraction of sp³-hybridized carbons (Fsp3) is 0.538. The lowest BCUT2D eigenvalue weighted by atomic mass is 9.80. The molecule has 0 bridgehead atoms. The highest BCUT2D eigenvalue weighted by Gasteiger charge is 2.36. The standard InChI is InChI=1S/C13H18FNO/c1-13(14,11-5-3-7-15-9-11)10-4-2-6-12(16)8-10/h2,4,6,8,11,15-16H,3,5,7,9H2,1H3. The van der Waals surface area contributed by atoms with E-state index in [-0.39, 0.29) is 11.7 Å². The molecule has 0 aromatic heterocycles. The van der Waals surface area contributed by atoms with Crippen molar-refractivity contribution in [3.63, 3.8) is 0 Å². The van der Waals surface area contributed by atoms with Crippen LogP contribution in [0.1, 0.15) is 25.3 Å². The summed E-state index contributed by atoms with van der Waals surface area (Å²) in [7, 11) is 0. The summed E-state index contributed by atoms with van der Waals surface area (Å²) >= 11 is 0. The molecule has 1 heterocycles. The molecule has 88 valence electrons. The summed E-state index contributed by atoms with van der Waals surface area (Å²) in [6.45, 7) is 3.30. The summed E-state index contributed by atoms with van der Waals surface area (Å²) in [6, 6.07) is 6.53. The lowest BCUT2D eigenvalue weighted by Crippen LogP contribution is -2.39. The number of phenols is 1. The molecule has 2 N–H and O–H groups in total. The number of phenolic OH excluding ortho intramolecular Hbond substituents is 1. The van der Waals surface area contributed by atoms with Crippen molar-refractivity contribution in [2.24, 2.45) is 5.92 Å². The molecule has 3 heteroatoms. The molecule has 16 heavy (non-hydrogen) atoms. The first-order valence-electron chi connectivity index (χ1n) is 5.80. The van der Waals surface area contributed by atoms with Gasteiger partial charge in [0.2, 0.25) is 0 Å². The van der Waals surface area contributed by atoms with Crippen LogP contribution in [0.15, 0.2) is 24.3 Å². The Morgan fingerprint density at radius 2 is 2.31 bits per heavy atom. The van der Waals surface area contributed by atoms with E-state index in [1.165, 1.54) is 6.07 Å². The van der Waals surface area contributed by atoms with Crippen LogP contribution in [0.25, 0.3) is 0 Å². The van der Waals surface area contributed by atoms with Crippen LogP contribution in [0, 0.1) is 5.92 Å². The zero-order valence-electron chi connectivity index (χ0n) is 9.54. The molecule has 0 spiro atoms. The van der Waals surface area contributed by atoms with Gasteiger partial charge in [0.1, 0.15) is 11.4 Å². The normalized spacial score (nSPS) is 25.0. The highest BCUT2D eigenvalue weighted by molar-refractivity contribution is 5.31. The van der Waals surface area contributed by atoms with Gasteiger partial charge in [-0.2, -0.15) is 0 Å². The van der Waals surface area contributed by atoms with Gasteiger partial charge in [0, 0.05) is 12.5 Å². The number of nitrogens with one attached hydrogen (secondary N) is 1. The van der Waals surface area contributed by atoms with Crippen molar-refractivity contribution in [3.8, 4) is 5.75 Å². The monoisotopic (exact) mass is 223 g/mol. The SMILES string of the molecule is CC(F)(c1cccc(O)c1)C1CCCNC1. The summed E-state index contributed by atoms with van der Waals surface area (Å²) in [5.41, 5.74) is -0.798. The average Bonchev–Trinajstić information content (AvgIpc) is 2.30. The molecular weight excluding hydrogens is 205 g/mol. The van der Waals surface area contributed by atoms with E-state index in [0.29, 0.717) is 12.1 Å². The molecule has 1 aliphatic heterocycles. The Labute approximate surface area is 95.5 Å². The third-order valence-corrected chi connectivity index (χ3v) is 3.47. The number of halogens is 1. The highest BCUT2D eigenvalue weighted by atomic mass is 19.1. The third-order valence-electron chi connectivity index (χ3n) is 3.47. The molecule has 2 nitrogen and oxygen atoms in total. The maximum Gasteiger partial charge on any atom is 0.137 e. The Kier molecular flexibility index (Phi) is 3.15. The first kappa shape index (κ1) is 11.4. The van der Waals surface area contributed by atoms with Gasteiger partial charge in [0.25, 0.3) is 0 Å². The van der Waals surface area contributed by atoms with Crippen LogP contribution in [0.3, 0.4) is 0 Å². The van der Waals surface area contributed by atoms with Gasteiger partial charge >= 0.3 is 0 Å². The van der Waals surface area contributed by atoms with Gasteiger partial charge in [-0.15, -0.1) is 0 Å². The van der Waals surface area contributed by atoms with Crippen LogP contribution in [0.5, 0.6) is 5.75 Å². The van der Waals surface area contributed by atoms with Gasteiger partial charge in [-0.05, 0) is 44.0 Å². The maximum atomic E-state index is 14.7. The van der Waals surface area contributed by atoms with Gasteiger partial charge in [-0.25, -0.2) is 4.39 Å². The second-order valence-corrected chi connectivity index (χ2v) is 4.67. The molecule has 2 rings (SSSR count). The second-order valence-electron chi connectivity index (χ2n) is 4.67. The zero-order valence-corrected chi connectivity index (χ0v) is 9.54. The molecule has 0 amide bonds. The summed E-state index contributed by atoms with van der Waals surface area (Å²) in [5, 5.41) is 12.6. The molecule has 0 saturated carbocycles. The quantitative estimate of drug-likeness (QED) is 0.807. The van der Waals surface area contributed by atoms with Crippen LogP contribution in [-0.4, -0.2) is 18.2 Å². The predicted octanol–water partition coefficient (Wildman–Crippen LogP) is 2.58. The van der Waals surface area contributed by atoms with Crippen molar-refractivity contribution in [2.45, 2.75) is 25.4 Å². The number of piperidine rings is 1. The summed E-state index contributed by atoms with van der Waals surface area (Å²) < 4.78 is 14.7. The van der Waals surface area contributed by atoms with E-state index in [1.807, 2.05) is 0 Å². The fourth-order valence-corrected chi connectivity index (χ4v) is 2.36. The number of rotatable bonds is 2. The van der Waals surface area contributed by atoms with E-state index in [2.05, 4.69) is 5.32 Å². The smallest absolute Gasteiger partial charge is 0.137 e. The molecule has 0 aliphatic carbocycles. The Morgan fingerprint density at radius 3 is 2.94 bits per heavy atom. The minimum absolute atomic E-state index is 0.0111. The number of aromatic hydroxyl groups is 1. The van der Waals surface area contributed by atoms with Crippen LogP contribution in [0.4, 0.5) is 4.39 Å². The maximum absolute atomic E-state index is 14.7. The van der Waals surface area contributed by atoms with Crippen molar-refractivity contribution >= 4 is 0 Å². The molecule has 0 radical (unpaired) electrons. The zero-order chi connectivity index (χ0) is 11.6. The minimum atomic E-state index is -1.37. The van der Waals surface area contributed by atoms with Crippen molar-refractivity contribution < 1.29 is 9.50 Å². The number of hydrogen-bond acceptors (Lipinski definition) is 2. The van der Waals surface area contributed by atoms with Crippen molar-refractivity contribution in [1.29, 1.82) is 0 Å². The first-order chi connectivity index (χ1) is 7.60. The molecule has 1 fully saturated rings. The molecule has 1 aliphatic rings. The minimum Gasteiger partial charge on any atom is -0.508 e. The molecule has 2 unspecified atom stereocenters. The molecular formula is C13H18FNO. The third kappa shape index (κ3) is 2.19. The van der Waals surface area contributed by atoms with Crippen LogP contribution in [-0.2, 0) is 5.67 Å². The molecule has 1 aromatic carbocycles.